The second kappa shape index (κ2) is 21.6. The molecule has 6 aromatic rings. The zero-order valence-electron chi connectivity index (χ0n) is 33.8. The quantitative estimate of drug-likeness (QED) is 0.0952. The molecule has 0 unspecified atom stereocenters. The normalized spacial score (nSPS) is 10.4. The van der Waals surface area contributed by atoms with Gasteiger partial charge in [0.2, 0.25) is 11.8 Å². The predicted octanol–water partition coefficient (Wildman–Crippen LogP) is 10.7. The van der Waals surface area contributed by atoms with E-state index >= 15 is 0 Å². The highest BCUT2D eigenvalue weighted by atomic mass is 19.1. The first-order valence-corrected chi connectivity index (χ1v) is 18.7. The molecule has 0 aliphatic heterocycles. The van der Waals surface area contributed by atoms with Gasteiger partial charge in [0.25, 0.3) is 0 Å². The molecule has 6 aromatic carbocycles. The number of nitrogens with zero attached hydrogens (tertiary/aromatic N) is 2. The van der Waals surface area contributed by atoms with Crippen molar-refractivity contribution in [3.63, 3.8) is 0 Å². The van der Waals surface area contributed by atoms with Crippen molar-refractivity contribution in [1.82, 2.24) is 0 Å². The van der Waals surface area contributed by atoms with E-state index in [4.69, 9.17) is 28.4 Å². The first kappa shape index (κ1) is 44.0. The summed E-state index contributed by atoms with van der Waals surface area (Å²) in [7, 11) is 4.63. The van der Waals surface area contributed by atoms with E-state index in [0.29, 0.717) is 57.2 Å². The number of hydrogen-bond acceptors (Lipinski definition) is 8. The lowest BCUT2D eigenvalue weighted by atomic mass is 10.1. The fourth-order valence-electron chi connectivity index (χ4n) is 5.98. The molecule has 312 valence electrons. The summed E-state index contributed by atoms with van der Waals surface area (Å²) in [5.74, 6) is 2.43. The highest BCUT2D eigenvalue weighted by Gasteiger charge is 2.22. The first-order chi connectivity index (χ1) is 29.0. The maximum atomic E-state index is 14.1. The lowest BCUT2D eigenvalue weighted by molar-refractivity contribution is -0.117. The molecule has 0 fully saturated rings. The minimum atomic E-state index is -0.652. The molecule has 13 heteroatoms. The summed E-state index contributed by atoms with van der Waals surface area (Å²) in [6, 6.07) is 36.5. The van der Waals surface area contributed by atoms with Crippen LogP contribution in [0.15, 0.2) is 133 Å². The topological polar surface area (TPSA) is 96.0 Å². The van der Waals surface area contributed by atoms with E-state index in [-0.39, 0.29) is 37.2 Å². The van der Waals surface area contributed by atoms with Gasteiger partial charge in [-0.2, -0.15) is 0 Å². The summed E-state index contributed by atoms with van der Waals surface area (Å²) in [5, 5.41) is 0. The van der Waals surface area contributed by atoms with Crippen molar-refractivity contribution >= 4 is 23.2 Å². The Labute approximate surface area is 347 Å². The monoisotopic (exact) mass is 820 g/mol. The maximum absolute atomic E-state index is 14.1. The Morgan fingerprint density at radius 3 is 1.32 bits per heavy atom. The van der Waals surface area contributed by atoms with Gasteiger partial charge in [-0.3, -0.25) is 9.59 Å². The Kier molecular flexibility index (Phi) is 15.8. The standard InChI is InChI=1S/C24H23F2NO4.C23H22FNO4/c1-17(28)27(16-18-14-21(29-2)9-11-23(18)30-13-12-25)22-15-19(26)8-10-24(22)31-20-6-4-3-5-7-20;1-16(26)25(15-17-13-20(27-2)10-12-22(17)28-3)21-14-18(24)9-11-23(21)29-19-7-5-4-6-8-19/h3-11,14-15H,12-13,16H2,1-2H3;4-14H,15H2,1-3H3/i25-1;3-1. The zero-order chi connectivity index (χ0) is 43.0. The molecule has 2 amide bonds. The van der Waals surface area contributed by atoms with Crippen LogP contribution in [0.1, 0.15) is 25.0 Å². The van der Waals surface area contributed by atoms with Crippen LogP contribution < -0.4 is 38.2 Å². The number of alkyl halides is 1. The van der Waals surface area contributed by atoms with Crippen LogP contribution in [0.2, 0.25) is 0 Å². The van der Waals surface area contributed by atoms with E-state index in [9.17, 15) is 22.8 Å². The van der Waals surface area contributed by atoms with Crippen molar-refractivity contribution in [2.75, 3.05) is 44.4 Å². The third kappa shape index (κ3) is 11.9. The van der Waals surface area contributed by atoms with Crippen molar-refractivity contribution in [1.29, 1.82) is 0 Å². The zero-order valence-corrected chi connectivity index (χ0v) is 33.8. The fourth-order valence-corrected chi connectivity index (χ4v) is 5.98. The molecule has 10 nitrogen and oxygen atoms in total. The lowest BCUT2D eigenvalue weighted by Gasteiger charge is -2.25. The molecule has 0 saturated carbocycles. The summed E-state index contributed by atoms with van der Waals surface area (Å²) < 4.78 is 74.1. The Hall–Kier alpha value is -7.15. The number of ether oxygens (including phenoxy) is 6. The van der Waals surface area contributed by atoms with Gasteiger partial charge in [-0.15, -0.1) is 0 Å². The van der Waals surface area contributed by atoms with Crippen molar-refractivity contribution in [3.8, 4) is 46.0 Å². The molecule has 0 aromatic heterocycles. The molecule has 0 spiro atoms. The third-order valence-corrected chi connectivity index (χ3v) is 8.87. The van der Waals surface area contributed by atoms with Gasteiger partial charge in [0, 0.05) is 37.1 Å². The number of anilines is 2. The maximum Gasteiger partial charge on any atom is 0.224 e. The number of carbonyl (C=O) groups is 2. The second-order valence-corrected chi connectivity index (χ2v) is 13.0. The van der Waals surface area contributed by atoms with Crippen LogP contribution in [0.5, 0.6) is 46.0 Å². The van der Waals surface area contributed by atoms with Crippen molar-refractivity contribution in [3.05, 3.63) is 156 Å². The van der Waals surface area contributed by atoms with Crippen LogP contribution in [-0.2, 0) is 22.7 Å². The Balaban J connectivity index is 0.000000228. The van der Waals surface area contributed by atoms with Gasteiger partial charge in [0.1, 0.15) is 59.4 Å². The molecule has 0 aliphatic carbocycles. The van der Waals surface area contributed by atoms with Crippen LogP contribution in [-0.4, -0.2) is 46.4 Å². The van der Waals surface area contributed by atoms with Crippen LogP contribution >= 0.6 is 0 Å². The van der Waals surface area contributed by atoms with Gasteiger partial charge in [-0.1, -0.05) is 36.4 Å². The summed E-state index contributed by atoms with van der Waals surface area (Å²) in [6.07, 6.45) is 0. The van der Waals surface area contributed by atoms with E-state index in [0.717, 1.165) is 5.56 Å². The molecule has 0 radical (unpaired) electrons. The third-order valence-electron chi connectivity index (χ3n) is 8.87. The van der Waals surface area contributed by atoms with Gasteiger partial charge in [-0.25, -0.2) is 13.2 Å². The highest BCUT2D eigenvalue weighted by Crippen LogP contribution is 2.37. The van der Waals surface area contributed by atoms with Crippen molar-refractivity contribution in [2.24, 2.45) is 0 Å². The average Bonchev–Trinajstić information content (AvgIpc) is 3.26. The van der Waals surface area contributed by atoms with Crippen LogP contribution in [0.4, 0.5) is 24.5 Å². The number of hydrogen-bond donors (Lipinski definition) is 0. The SMILES string of the molecule is COc1ccc(OCC[18F])c(CN(C(C)=O)c2cc(F)ccc2Oc2ccccc2)c1.COc1ccc(O[11CH3])c(CN(C(C)=O)c2cc(F)ccc2Oc2ccccc2)c1. The van der Waals surface area contributed by atoms with Crippen molar-refractivity contribution in [2.45, 2.75) is 26.9 Å². The van der Waals surface area contributed by atoms with Crippen LogP contribution in [0.25, 0.3) is 0 Å². The summed E-state index contributed by atoms with van der Waals surface area (Å²) in [4.78, 5) is 27.9. The van der Waals surface area contributed by atoms with Gasteiger partial charge in [0.05, 0.1) is 45.8 Å². The minimum absolute atomic E-state index is 0.0444. The molecule has 6 rings (SSSR count). The smallest absolute Gasteiger partial charge is 0.224 e. The van der Waals surface area contributed by atoms with E-state index in [1.165, 1.54) is 67.2 Å². The Morgan fingerprint density at radius 1 is 0.500 bits per heavy atom. The molecule has 0 bridgehead atoms. The molecular weight excluding hydrogens is 776 g/mol. The van der Waals surface area contributed by atoms with E-state index in [2.05, 4.69) is 0 Å². The van der Waals surface area contributed by atoms with E-state index in [1.54, 1.807) is 74.9 Å². The van der Waals surface area contributed by atoms with Crippen LogP contribution in [0.3, 0.4) is 0 Å². The molecule has 0 aliphatic rings. The first-order valence-electron chi connectivity index (χ1n) is 18.7. The lowest BCUT2D eigenvalue weighted by Crippen LogP contribution is -2.28. The number of benzene rings is 6. The van der Waals surface area contributed by atoms with Gasteiger partial charge >= 0.3 is 0 Å². The summed E-state index contributed by atoms with van der Waals surface area (Å²) in [6.45, 7) is 2.22. The number of para-hydroxylation sites is 2. The number of methoxy groups -OCH3 is 3. The van der Waals surface area contributed by atoms with Gasteiger partial charge in [-0.05, 0) is 84.9 Å². The molecule has 60 heavy (non-hydrogen) atoms. The summed E-state index contributed by atoms with van der Waals surface area (Å²) in [5.41, 5.74) is 1.89. The van der Waals surface area contributed by atoms with Gasteiger partial charge < -0.3 is 38.2 Å². The number of amides is 2. The van der Waals surface area contributed by atoms with Gasteiger partial charge in [0.15, 0.2) is 11.5 Å². The summed E-state index contributed by atoms with van der Waals surface area (Å²) >= 11 is 0. The Bertz CT molecular complexity index is 2350. The number of carbonyl (C=O) groups excluding carboxylic acids is 2. The predicted molar refractivity (Wildman–Crippen MR) is 224 cm³/mol. The molecule has 0 saturated heterocycles. The molecule has 0 heterocycles. The largest absolute Gasteiger partial charge is 0.497 e. The highest BCUT2D eigenvalue weighted by molar-refractivity contribution is 5.94. The Morgan fingerprint density at radius 2 is 0.917 bits per heavy atom. The molecule has 0 N–H and O–H groups in total. The molecular formula is C47H45F3N2O8. The minimum Gasteiger partial charge on any atom is -0.497 e. The van der Waals surface area contributed by atoms with Crippen LogP contribution in [0, 0.1) is 11.6 Å². The molecule has 0 atom stereocenters. The second-order valence-electron chi connectivity index (χ2n) is 13.0. The number of rotatable bonds is 16. The van der Waals surface area contributed by atoms with E-state index < -0.39 is 18.3 Å². The van der Waals surface area contributed by atoms with Crippen molar-refractivity contribution < 1.29 is 51.2 Å². The fraction of sp³-hybridized carbons (Fsp3) is 0.191. The van der Waals surface area contributed by atoms with E-state index in [1.807, 2.05) is 36.4 Å². The average molecular weight is 821 g/mol. The number of halogens is 3.